The number of ether oxygens (including phenoxy) is 1. The van der Waals surface area contributed by atoms with Crippen molar-refractivity contribution in [2.75, 3.05) is 12.4 Å². The molecule has 0 saturated heterocycles. The van der Waals surface area contributed by atoms with Crippen LogP contribution in [0.3, 0.4) is 0 Å². The Kier molecular flexibility index (Phi) is 6.08. The van der Waals surface area contributed by atoms with Crippen LogP contribution in [0, 0.1) is 6.92 Å². The van der Waals surface area contributed by atoms with Crippen LogP contribution in [-0.2, 0) is 4.79 Å². The third-order valence-electron chi connectivity index (χ3n) is 3.96. The fourth-order valence-electron chi connectivity index (χ4n) is 2.56. The topological polar surface area (TPSA) is 56.1 Å². The number of aryl methyl sites for hydroxylation is 1. The number of nitrogens with one attached hydrogen (secondary N) is 1. The van der Waals surface area contributed by atoms with Gasteiger partial charge in [-0.1, -0.05) is 35.5 Å². The van der Waals surface area contributed by atoms with Crippen LogP contribution in [-0.4, -0.2) is 27.8 Å². The van der Waals surface area contributed by atoms with Gasteiger partial charge in [-0.25, -0.2) is 4.98 Å². The summed E-state index contributed by atoms with van der Waals surface area (Å²) in [4.78, 5) is 17.1. The summed E-state index contributed by atoms with van der Waals surface area (Å²) in [6.07, 6.45) is 3.56. The van der Waals surface area contributed by atoms with Crippen molar-refractivity contribution >= 4 is 35.0 Å². The van der Waals surface area contributed by atoms with E-state index < -0.39 is 0 Å². The highest BCUT2D eigenvalue weighted by molar-refractivity contribution is 8.00. The lowest BCUT2D eigenvalue weighted by molar-refractivity contribution is -0.115. The summed E-state index contributed by atoms with van der Waals surface area (Å²) in [7, 11) is 1.58. The second-order valence-electron chi connectivity index (χ2n) is 6.01. The Bertz CT molecular complexity index is 958. The Hall–Kier alpha value is -2.44. The fourth-order valence-corrected chi connectivity index (χ4v) is 3.63. The molecule has 0 bridgehead atoms. The average molecular weight is 402 g/mol. The van der Waals surface area contributed by atoms with Gasteiger partial charge in [0, 0.05) is 23.1 Å². The maximum absolute atomic E-state index is 12.7. The molecule has 2 aromatic carbocycles. The number of carbonyl (C=O) groups excluding carboxylic acids is 1. The zero-order valence-corrected chi connectivity index (χ0v) is 16.8. The molecule has 1 heterocycles. The summed E-state index contributed by atoms with van der Waals surface area (Å²) in [5, 5.41) is 3.95. The van der Waals surface area contributed by atoms with Crippen LogP contribution in [0.25, 0.3) is 5.69 Å². The van der Waals surface area contributed by atoms with Gasteiger partial charge in [0.15, 0.2) is 5.16 Å². The lowest BCUT2D eigenvalue weighted by Gasteiger charge is -2.15. The molecule has 1 aromatic heterocycles. The normalized spacial score (nSPS) is 11.9. The van der Waals surface area contributed by atoms with E-state index in [1.807, 2.05) is 67.1 Å². The molecule has 3 rings (SSSR count). The zero-order valence-electron chi connectivity index (χ0n) is 15.3. The van der Waals surface area contributed by atoms with Gasteiger partial charge in [-0.2, -0.15) is 0 Å². The largest absolute Gasteiger partial charge is 0.495 e. The summed E-state index contributed by atoms with van der Waals surface area (Å²) >= 11 is 7.46. The fraction of sp³-hybridized carbons (Fsp3) is 0.200. The molecule has 1 amide bonds. The van der Waals surface area contributed by atoms with E-state index in [1.165, 1.54) is 11.8 Å². The SMILES string of the molecule is COc1ccc(C)cc1NC(=O)C(C)Sc1nccn1-c1cccc(Cl)c1. The number of methoxy groups -OCH3 is 1. The molecule has 5 nitrogen and oxygen atoms in total. The number of nitrogens with zero attached hydrogens (tertiary/aromatic N) is 2. The molecule has 1 N–H and O–H groups in total. The Morgan fingerprint density at radius 2 is 2.11 bits per heavy atom. The van der Waals surface area contributed by atoms with Crippen LogP contribution in [0.4, 0.5) is 5.69 Å². The zero-order chi connectivity index (χ0) is 19.4. The number of hydrogen-bond acceptors (Lipinski definition) is 4. The number of rotatable bonds is 6. The second-order valence-corrected chi connectivity index (χ2v) is 7.76. The number of carbonyl (C=O) groups is 1. The van der Waals surface area contributed by atoms with Crippen molar-refractivity contribution in [2.45, 2.75) is 24.3 Å². The number of halogens is 1. The molecule has 0 aliphatic heterocycles. The van der Waals surface area contributed by atoms with E-state index in [4.69, 9.17) is 16.3 Å². The summed E-state index contributed by atoms with van der Waals surface area (Å²) in [5.74, 6) is 0.510. The Balaban J connectivity index is 1.75. The van der Waals surface area contributed by atoms with Crippen molar-refractivity contribution in [3.05, 3.63) is 65.4 Å². The molecule has 1 unspecified atom stereocenters. The predicted octanol–water partition coefficient (Wildman–Crippen LogP) is 4.96. The van der Waals surface area contributed by atoms with Crippen molar-refractivity contribution < 1.29 is 9.53 Å². The van der Waals surface area contributed by atoms with Crippen molar-refractivity contribution in [3.63, 3.8) is 0 Å². The van der Waals surface area contributed by atoms with Crippen molar-refractivity contribution in [3.8, 4) is 11.4 Å². The first-order chi connectivity index (χ1) is 13.0. The van der Waals surface area contributed by atoms with E-state index in [9.17, 15) is 4.79 Å². The molecule has 3 aromatic rings. The first-order valence-corrected chi connectivity index (χ1v) is 9.65. The summed E-state index contributed by atoms with van der Waals surface area (Å²) in [5.41, 5.74) is 2.60. The van der Waals surface area contributed by atoms with Gasteiger partial charge in [-0.05, 0) is 49.7 Å². The third-order valence-corrected chi connectivity index (χ3v) is 5.27. The highest BCUT2D eigenvalue weighted by Crippen LogP contribution is 2.29. The number of aromatic nitrogens is 2. The maximum atomic E-state index is 12.7. The van der Waals surface area contributed by atoms with Gasteiger partial charge < -0.3 is 10.1 Å². The third kappa shape index (κ3) is 4.64. The van der Waals surface area contributed by atoms with Gasteiger partial charge in [-0.15, -0.1) is 0 Å². The van der Waals surface area contributed by atoms with Gasteiger partial charge in [0.25, 0.3) is 0 Å². The van der Waals surface area contributed by atoms with E-state index in [0.29, 0.717) is 16.5 Å². The minimum absolute atomic E-state index is 0.121. The molecule has 7 heteroatoms. The lowest BCUT2D eigenvalue weighted by Crippen LogP contribution is -2.23. The monoisotopic (exact) mass is 401 g/mol. The highest BCUT2D eigenvalue weighted by Gasteiger charge is 2.19. The molecular formula is C20H20ClN3O2S. The lowest BCUT2D eigenvalue weighted by atomic mass is 10.2. The average Bonchev–Trinajstić information content (AvgIpc) is 3.10. The first-order valence-electron chi connectivity index (χ1n) is 8.39. The van der Waals surface area contributed by atoms with Crippen LogP contribution in [0.1, 0.15) is 12.5 Å². The molecular weight excluding hydrogens is 382 g/mol. The number of thioether (sulfide) groups is 1. The molecule has 140 valence electrons. The molecule has 0 saturated carbocycles. The van der Waals surface area contributed by atoms with Gasteiger partial charge in [-0.3, -0.25) is 9.36 Å². The van der Waals surface area contributed by atoms with Crippen molar-refractivity contribution in [1.29, 1.82) is 0 Å². The van der Waals surface area contributed by atoms with Crippen molar-refractivity contribution in [1.82, 2.24) is 9.55 Å². The molecule has 0 spiro atoms. The van der Waals surface area contributed by atoms with Gasteiger partial charge in [0.05, 0.1) is 18.0 Å². The Morgan fingerprint density at radius 3 is 2.85 bits per heavy atom. The van der Waals surface area contributed by atoms with E-state index in [-0.39, 0.29) is 11.2 Å². The molecule has 0 aliphatic rings. The molecule has 0 fully saturated rings. The number of hydrogen-bond donors (Lipinski definition) is 1. The number of imidazole rings is 1. The van der Waals surface area contributed by atoms with E-state index in [1.54, 1.807) is 13.3 Å². The summed E-state index contributed by atoms with van der Waals surface area (Å²) in [6.45, 7) is 3.81. The first kappa shape index (κ1) is 19.3. The summed E-state index contributed by atoms with van der Waals surface area (Å²) < 4.78 is 7.23. The summed E-state index contributed by atoms with van der Waals surface area (Å²) in [6, 6.07) is 13.2. The molecule has 27 heavy (non-hydrogen) atoms. The molecule has 1 atom stereocenters. The van der Waals surface area contributed by atoms with Crippen LogP contribution in [0.2, 0.25) is 5.02 Å². The minimum atomic E-state index is -0.351. The van der Waals surface area contributed by atoms with Crippen LogP contribution < -0.4 is 10.1 Å². The molecule has 0 radical (unpaired) electrons. The standard InChI is InChI=1S/C20H20ClN3O2S/c1-13-7-8-18(26-3)17(11-13)23-19(25)14(2)27-20-22-9-10-24(20)16-6-4-5-15(21)12-16/h4-12,14H,1-3H3,(H,23,25). The van der Waals surface area contributed by atoms with Gasteiger partial charge in [0.2, 0.25) is 5.91 Å². The second kappa shape index (κ2) is 8.50. The molecule has 0 aliphatic carbocycles. The van der Waals surface area contributed by atoms with Crippen LogP contribution in [0.15, 0.2) is 60.0 Å². The number of benzene rings is 2. The number of amides is 1. The smallest absolute Gasteiger partial charge is 0.237 e. The number of anilines is 1. The quantitative estimate of drug-likeness (QED) is 0.593. The van der Waals surface area contributed by atoms with Gasteiger partial charge >= 0.3 is 0 Å². The maximum Gasteiger partial charge on any atom is 0.237 e. The van der Waals surface area contributed by atoms with E-state index >= 15 is 0 Å². The Morgan fingerprint density at radius 1 is 1.30 bits per heavy atom. The van der Waals surface area contributed by atoms with E-state index in [2.05, 4.69) is 10.3 Å². The Labute approximate surface area is 167 Å². The highest BCUT2D eigenvalue weighted by atomic mass is 35.5. The predicted molar refractivity (Wildman–Crippen MR) is 110 cm³/mol. The van der Waals surface area contributed by atoms with Gasteiger partial charge in [0.1, 0.15) is 5.75 Å². The van der Waals surface area contributed by atoms with E-state index in [0.717, 1.165) is 16.4 Å². The van der Waals surface area contributed by atoms with Crippen LogP contribution in [0.5, 0.6) is 5.75 Å². The van der Waals surface area contributed by atoms with Crippen LogP contribution >= 0.6 is 23.4 Å². The van der Waals surface area contributed by atoms with Crippen molar-refractivity contribution in [2.24, 2.45) is 0 Å². The minimum Gasteiger partial charge on any atom is -0.495 e.